The maximum Gasteiger partial charge on any atom is 0.252 e. The number of aryl methyl sites for hydroxylation is 1. The van der Waals surface area contributed by atoms with E-state index in [1.807, 2.05) is 13.0 Å². The summed E-state index contributed by atoms with van der Waals surface area (Å²) in [7, 11) is -3.53. The monoisotopic (exact) mass is 449 g/mol. The maximum atomic E-state index is 12.9. The molecule has 1 amide bonds. The lowest BCUT2D eigenvalue weighted by atomic mass is 9.97. The number of amides is 1. The van der Waals surface area contributed by atoms with E-state index in [1.54, 1.807) is 24.5 Å². The molecule has 0 aromatic carbocycles. The highest BCUT2D eigenvalue weighted by Crippen LogP contribution is 2.28. The molecule has 2 fully saturated rings. The van der Waals surface area contributed by atoms with Crippen molar-refractivity contribution in [3.05, 3.63) is 35.5 Å². The lowest BCUT2D eigenvalue weighted by Gasteiger charge is -2.35. The summed E-state index contributed by atoms with van der Waals surface area (Å²) in [5, 5.41) is 3.15. The van der Waals surface area contributed by atoms with Crippen molar-refractivity contribution < 1.29 is 13.2 Å². The summed E-state index contributed by atoms with van der Waals surface area (Å²) >= 11 is 1.28. The summed E-state index contributed by atoms with van der Waals surface area (Å²) in [6.07, 6.45) is 6.54. The summed E-state index contributed by atoms with van der Waals surface area (Å²) in [5.41, 5.74) is 0. The predicted molar refractivity (Wildman–Crippen MR) is 116 cm³/mol. The number of nitrogens with one attached hydrogen (secondary N) is 1. The van der Waals surface area contributed by atoms with Gasteiger partial charge in [-0.3, -0.25) is 4.79 Å². The van der Waals surface area contributed by atoms with E-state index in [2.05, 4.69) is 20.2 Å². The van der Waals surface area contributed by atoms with Crippen LogP contribution in [0.2, 0.25) is 0 Å². The van der Waals surface area contributed by atoms with Crippen LogP contribution in [0.5, 0.6) is 0 Å². The van der Waals surface area contributed by atoms with Crippen LogP contribution in [0.3, 0.4) is 0 Å². The minimum absolute atomic E-state index is 0.0355. The van der Waals surface area contributed by atoms with Gasteiger partial charge in [-0.1, -0.05) is 0 Å². The first-order chi connectivity index (χ1) is 14.4. The van der Waals surface area contributed by atoms with Crippen LogP contribution in [-0.4, -0.2) is 60.8 Å². The molecule has 0 spiro atoms. The summed E-state index contributed by atoms with van der Waals surface area (Å²) < 4.78 is 27.7. The van der Waals surface area contributed by atoms with E-state index in [0.29, 0.717) is 17.2 Å². The molecule has 162 valence electrons. The average Bonchev–Trinajstić information content (AvgIpc) is 3.22. The van der Waals surface area contributed by atoms with Crippen LogP contribution in [-0.2, 0) is 14.8 Å². The van der Waals surface area contributed by atoms with Gasteiger partial charge in [-0.15, -0.1) is 11.3 Å². The van der Waals surface area contributed by atoms with Gasteiger partial charge < -0.3 is 10.2 Å². The molecule has 2 aromatic heterocycles. The number of sulfonamides is 1. The lowest BCUT2D eigenvalue weighted by Crippen LogP contribution is -2.50. The van der Waals surface area contributed by atoms with E-state index in [4.69, 9.17) is 0 Å². The maximum absolute atomic E-state index is 12.9. The second-order valence-corrected chi connectivity index (χ2v) is 11.3. The molecule has 1 unspecified atom stereocenters. The Labute approximate surface area is 181 Å². The highest BCUT2D eigenvalue weighted by atomic mass is 32.2. The van der Waals surface area contributed by atoms with E-state index in [9.17, 15) is 13.2 Å². The van der Waals surface area contributed by atoms with Crippen LogP contribution in [0.25, 0.3) is 0 Å². The zero-order valence-corrected chi connectivity index (χ0v) is 18.7. The molecule has 2 aliphatic heterocycles. The number of piperidine rings is 2. The average molecular weight is 450 g/mol. The molecule has 2 saturated heterocycles. The van der Waals surface area contributed by atoms with Crippen molar-refractivity contribution in [1.29, 1.82) is 0 Å². The Balaban J connectivity index is 1.32. The topological polar surface area (TPSA) is 95.5 Å². The Morgan fingerprint density at radius 1 is 1.13 bits per heavy atom. The van der Waals surface area contributed by atoms with Gasteiger partial charge in [0.15, 0.2) is 0 Å². The molecule has 0 radical (unpaired) electrons. The first kappa shape index (κ1) is 21.2. The number of rotatable bonds is 5. The Kier molecular flexibility index (Phi) is 6.35. The molecule has 30 heavy (non-hydrogen) atoms. The van der Waals surface area contributed by atoms with Gasteiger partial charge in [0.25, 0.3) is 10.0 Å². The highest BCUT2D eigenvalue weighted by Gasteiger charge is 2.35. The minimum Gasteiger partial charge on any atom is -0.353 e. The number of carbonyl (C=O) groups excluding carboxylic acids is 1. The third kappa shape index (κ3) is 4.65. The Hall–Kier alpha value is -2.04. The van der Waals surface area contributed by atoms with Gasteiger partial charge in [-0.25, -0.2) is 18.4 Å². The number of carbonyl (C=O) groups is 1. The molecular weight excluding hydrogens is 422 g/mol. The van der Waals surface area contributed by atoms with Gasteiger partial charge >= 0.3 is 0 Å². The molecule has 2 aliphatic rings. The number of hydrogen-bond donors (Lipinski definition) is 1. The smallest absolute Gasteiger partial charge is 0.252 e. The van der Waals surface area contributed by atoms with Crippen molar-refractivity contribution >= 4 is 33.2 Å². The lowest BCUT2D eigenvalue weighted by molar-refractivity contribution is -0.126. The molecular formula is C20H27N5O3S2. The quantitative estimate of drug-likeness (QED) is 0.751. The Bertz CT molecular complexity index is 971. The Morgan fingerprint density at radius 2 is 1.87 bits per heavy atom. The van der Waals surface area contributed by atoms with Crippen molar-refractivity contribution in [2.24, 2.45) is 5.92 Å². The SMILES string of the molecule is Cc1ccc(S(=O)(=O)N2CCCC(C(=O)NC3CCN(c4ncccn4)CC3)C2)s1. The number of nitrogens with zero attached hydrogens (tertiary/aromatic N) is 4. The number of hydrogen-bond acceptors (Lipinski definition) is 7. The predicted octanol–water partition coefficient (Wildman–Crippen LogP) is 2.03. The zero-order chi connectivity index (χ0) is 21.1. The first-order valence-corrected chi connectivity index (χ1v) is 12.6. The van der Waals surface area contributed by atoms with Gasteiger partial charge in [-0.2, -0.15) is 4.31 Å². The molecule has 8 nitrogen and oxygen atoms in total. The van der Waals surface area contributed by atoms with Crippen LogP contribution in [0, 0.1) is 12.8 Å². The zero-order valence-electron chi connectivity index (χ0n) is 17.0. The van der Waals surface area contributed by atoms with Gasteiger partial charge in [0.2, 0.25) is 11.9 Å². The molecule has 1 N–H and O–H groups in total. The molecule has 0 aliphatic carbocycles. The van der Waals surface area contributed by atoms with Crippen LogP contribution in [0.15, 0.2) is 34.8 Å². The second-order valence-electron chi connectivity index (χ2n) is 7.89. The highest BCUT2D eigenvalue weighted by molar-refractivity contribution is 7.91. The van der Waals surface area contributed by atoms with Crippen molar-refractivity contribution in [1.82, 2.24) is 19.6 Å². The van der Waals surface area contributed by atoms with Crippen molar-refractivity contribution in [3.8, 4) is 0 Å². The number of anilines is 1. The van der Waals surface area contributed by atoms with Crippen LogP contribution >= 0.6 is 11.3 Å². The molecule has 4 rings (SSSR count). The largest absolute Gasteiger partial charge is 0.353 e. The third-order valence-electron chi connectivity index (χ3n) is 5.74. The minimum atomic E-state index is -3.53. The fraction of sp³-hybridized carbons (Fsp3) is 0.550. The molecule has 2 aromatic rings. The van der Waals surface area contributed by atoms with Gasteiger partial charge in [0.05, 0.1) is 5.92 Å². The standard InChI is InChI=1S/C20H27N5O3S2/c1-15-5-6-18(29-15)30(27,28)25-11-2-4-16(14-25)19(26)23-17-7-12-24(13-8-17)20-21-9-3-10-22-20/h3,5-6,9-10,16-17H,2,4,7-8,11-14H2,1H3,(H,23,26). The molecule has 10 heteroatoms. The molecule has 0 saturated carbocycles. The number of thiophene rings is 1. The van der Waals surface area contributed by atoms with Crippen LogP contribution in [0.4, 0.5) is 5.95 Å². The summed E-state index contributed by atoms with van der Waals surface area (Å²) in [4.78, 5) is 24.5. The molecule has 1 atom stereocenters. The summed E-state index contributed by atoms with van der Waals surface area (Å²) in [6, 6.07) is 5.37. The van der Waals surface area contributed by atoms with E-state index in [0.717, 1.165) is 43.2 Å². The van der Waals surface area contributed by atoms with Crippen LogP contribution in [0.1, 0.15) is 30.6 Å². The number of aromatic nitrogens is 2. The fourth-order valence-corrected chi connectivity index (χ4v) is 7.01. The van der Waals surface area contributed by atoms with Crippen LogP contribution < -0.4 is 10.2 Å². The van der Waals surface area contributed by atoms with Gasteiger partial charge in [0.1, 0.15) is 4.21 Å². The van der Waals surface area contributed by atoms with E-state index < -0.39 is 10.0 Å². The normalized spacial score (nSPS) is 21.5. The van der Waals surface area contributed by atoms with Gasteiger partial charge in [0, 0.05) is 49.5 Å². The molecule has 0 bridgehead atoms. The van der Waals surface area contributed by atoms with Crippen molar-refractivity contribution in [3.63, 3.8) is 0 Å². The third-order valence-corrected chi connectivity index (χ3v) is 9.07. The Morgan fingerprint density at radius 3 is 2.53 bits per heavy atom. The van der Waals surface area contributed by atoms with Gasteiger partial charge in [-0.05, 0) is 50.8 Å². The van der Waals surface area contributed by atoms with Crippen molar-refractivity contribution in [2.75, 3.05) is 31.1 Å². The van der Waals surface area contributed by atoms with E-state index in [1.165, 1.54) is 15.6 Å². The summed E-state index contributed by atoms with van der Waals surface area (Å²) in [5.74, 6) is 0.385. The molecule has 4 heterocycles. The second kappa shape index (κ2) is 8.99. The first-order valence-electron chi connectivity index (χ1n) is 10.3. The van der Waals surface area contributed by atoms with E-state index in [-0.39, 0.29) is 24.4 Å². The van der Waals surface area contributed by atoms with E-state index >= 15 is 0 Å². The van der Waals surface area contributed by atoms with Crippen molar-refractivity contribution in [2.45, 2.75) is 42.9 Å². The summed E-state index contributed by atoms with van der Waals surface area (Å²) in [6.45, 7) is 4.20. The fourth-order valence-electron chi connectivity index (χ4n) is 4.05.